The van der Waals surface area contributed by atoms with Crippen molar-refractivity contribution in [2.24, 2.45) is 0 Å². The normalized spacial score (nSPS) is 19.1. The molecule has 0 spiro atoms. The minimum absolute atomic E-state index is 0.0320. The predicted molar refractivity (Wildman–Crippen MR) is 125 cm³/mol. The van der Waals surface area contributed by atoms with Crippen LogP contribution in [0.25, 0.3) is 0 Å². The molecule has 0 saturated carbocycles. The third-order valence-electron chi connectivity index (χ3n) is 6.07. The van der Waals surface area contributed by atoms with E-state index < -0.39 is 29.5 Å². The Kier molecular flexibility index (Phi) is 7.11. The summed E-state index contributed by atoms with van der Waals surface area (Å²) in [5.74, 6) is -2.02. The molecule has 10 heteroatoms. The lowest BCUT2D eigenvalue weighted by molar-refractivity contribution is -0.129. The van der Waals surface area contributed by atoms with Crippen molar-refractivity contribution in [3.8, 4) is 0 Å². The van der Waals surface area contributed by atoms with E-state index in [1.807, 2.05) is 0 Å². The number of Topliss-reactive ketones (excluding diaryl/α,β-unsaturated/α-hetero) is 1. The zero-order chi connectivity index (χ0) is 24.4. The molecule has 2 aliphatic rings. The number of rotatable bonds is 7. The first-order valence-corrected chi connectivity index (χ1v) is 11.8. The van der Waals surface area contributed by atoms with Gasteiger partial charge in [-0.25, -0.2) is 9.78 Å². The second-order valence-corrected chi connectivity index (χ2v) is 9.41. The van der Waals surface area contributed by atoms with Gasteiger partial charge in [0.2, 0.25) is 5.78 Å². The fraction of sp³-hybridized carbons (Fsp3) is 0.417. The Bertz CT molecular complexity index is 1130. The van der Waals surface area contributed by atoms with Crippen LogP contribution in [0.4, 0.5) is 0 Å². The maximum atomic E-state index is 13.6. The Hall–Kier alpha value is -3.08. The van der Waals surface area contributed by atoms with Gasteiger partial charge in [-0.2, -0.15) is 0 Å². The van der Waals surface area contributed by atoms with Crippen LogP contribution in [0.3, 0.4) is 0 Å². The molecule has 4 rings (SSSR count). The fourth-order valence-electron chi connectivity index (χ4n) is 4.32. The third-order valence-corrected chi connectivity index (χ3v) is 7.14. The number of aromatic nitrogens is 1. The maximum Gasteiger partial charge on any atom is 0.337 e. The highest BCUT2D eigenvalue weighted by atomic mass is 32.1. The summed E-state index contributed by atoms with van der Waals surface area (Å²) in [6, 6.07) is 5.76. The molecule has 180 valence electrons. The first-order valence-electron chi connectivity index (χ1n) is 11.0. The van der Waals surface area contributed by atoms with Gasteiger partial charge in [-0.3, -0.25) is 14.5 Å². The molecule has 1 aromatic carbocycles. The number of ether oxygens (including phenoxy) is 2. The van der Waals surface area contributed by atoms with E-state index in [1.165, 1.54) is 23.3 Å². The Balaban J connectivity index is 1.70. The third kappa shape index (κ3) is 4.61. The van der Waals surface area contributed by atoms with E-state index in [1.54, 1.807) is 38.1 Å². The van der Waals surface area contributed by atoms with Crippen molar-refractivity contribution in [2.45, 2.75) is 19.9 Å². The molecule has 0 aliphatic carbocycles. The Morgan fingerprint density at radius 2 is 1.85 bits per heavy atom. The van der Waals surface area contributed by atoms with Crippen molar-refractivity contribution in [1.82, 2.24) is 14.8 Å². The van der Waals surface area contributed by atoms with Gasteiger partial charge in [0.1, 0.15) is 0 Å². The van der Waals surface area contributed by atoms with Crippen LogP contribution in [-0.4, -0.2) is 84.1 Å². The Morgan fingerprint density at radius 1 is 1.18 bits per heavy atom. The molecule has 9 nitrogen and oxygen atoms in total. The van der Waals surface area contributed by atoms with Crippen LogP contribution >= 0.6 is 11.3 Å². The number of hydrogen-bond donors (Lipinski definition) is 1. The number of methoxy groups -OCH3 is 1. The monoisotopic (exact) mass is 485 g/mol. The van der Waals surface area contributed by atoms with Crippen LogP contribution in [0.5, 0.6) is 0 Å². The molecular formula is C24H27N3O6S. The van der Waals surface area contributed by atoms with E-state index in [2.05, 4.69) is 9.88 Å². The van der Waals surface area contributed by atoms with Gasteiger partial charge in [0.05, 0.1) is 53.1 Å². The summed E-state index contributed by atoms with van der Waals surface area (Å²) < 4.78 is 10.2. The van der Waals surface area contributed by atoms with Crippen LogP contribution in [0.1, 0.15) is 42.3 Å². The van der Waals surface area contributed by atoms with Crippen LogP contribution in [0.2, 0.25) is 0 Å². The minimum Gasteiger partial charge on any atom is -0.503 e. The number of hydrogen-bond acceptors (Lipinski definition) is 9. The molecule has 2 aliphatic heterocycles. The maximum absolute atomic E-state index is 13.6. The highest BCUT2D eigenvalue weighted by molar-refractivity contribution is 7.14. The minimum atomic E-state index is -0.783. The lowest BCUT2D eigenvalue weighted by atomic mass is 9.94. The zero-order valence-corrected chi connectivity index (χ0v) is 20.2. The first-order chi connectivity index (χ1) is 16.3. The summed E-state index contributed by atoms with van der Waals surface area (Å²) in [5.41, 5.74) is 1.57. The van der Waals surface area contributed by atoms with Crippen molar-refractivity contribution < 1.29 is 29.0 Å². The summed E-state index contributed by atoms with van der Waals surface area (Å²) in [6.07, 6.45) is 0. The van der Waals surface area contributed by atoms with E-state index >= 15 is 0 Å². The van der Waals surface area contributed by atoms with E-state index in [0.29, 0.717) is 48.0 Å². The zero-order valence-electron chi connectivity index (χ0n) is 19.4. The van der Waals surface area contributed by atoms with Crippen LogP contribution in [0.15, 0.2) is 35.6 Å². The summed E-state index contributed by atoms with van der Waals surface area (Å²) in [6.45, 7) is 7.22. The quantitative estimate of drug-likeness (QED) is 0.471. The van der Waals surface area contributed by atoms with Crippen molar-refractivity contribution in [3.63, 3.8) is 0 Å². The average Bonchev–Trinajstić information content (AvgIpc) is 3.32. The highest BCUT2D eigenvalue weighted by Gasteiger charge is 2.44. The number of amides is 1. The number of thiazole rings is 1. The summed E-state index contributed by atoms with van der Waals surface area (Å²) >= 11 is 1.24. The molecule has 1 N–H and O–H groups in total. The van der Waals surface area contributed by atoms with Crippen molar-refractivity contribution in [2.75, 3.05) is 46.5 Å². The number of morpholine rings is 1. The van der Waals surface area contributed by atoms with Crippen molar-refractivity contribution in [1.29, 1.82) is 0 Å². The van der Waals surface area contributed by atoms with Gasteiger partial charge in [-0.15, -0.1) is 11.3 Å². The predicted octanol–water partition coefficient (Wildman–Crippen LogP) is 2.46. The van der Waals surface area contributed by atoms with Crippen molar-refractivity contribution in [3.05, 3.63) is 62.3 Å². The molecule has 0 unspecified atom stereocenters. The number of aliphatic hydroxyl groups excluding tert-OH is 1. The molecule has 0 radical (unpaired) electrons. The Labute approximate surface area is 201 Å². The summed E-state index contributed by atoms with van der Waals surface area (Å²) in [5, 5.41) is 11.6. The lowest BCUT2D eigenvalue weighted by Gasteiger charge is -2.31. The van der Waals surface area contributed by atoms with Gasteiger partial charge in [0.15, 0.2) is 5.76 Å². The van der Waals surface area contributed by atoms with Gasteiger partial charge in [-0.1, -0.05) is 12.1 Å². The number of aliphatic hydroxyl groups is 1. The lowest BCUT2D eigenvalue weighted by Crippen LogP contribution is -2.43. The molecule has 1 atom stereocenters. The molecule has 1 saturated heterocycles. The smallest absolute Gasteiger partial charge is 0.337 e. The van der Waals surface area contributed by atoms with Gasteiger partial charge < -0.3 is 19.5 Å². The SMILES string of the molecule is COC(=O)c1ccc([C@H]2C(C(=O)c3sc(C)nc3C)=C(O)C(=O)N2CCN2CCOCC2)cc1. The second-order valence-electron chi connectivity index (χ2n) is 8.21. The molecule has 34 heavy (non-hydrogen) atoms. The topological polar surface area (TPSA) is 109 Å². The summed E-state index contributed by atoms with van der Waals surface area (Å²) in [7, 11) is 1.30. The molecule has 0 bridgehead atoms. The number of esters is 1. The van der Waals surface area contributed by atoms with E-state index in [0.717, 1.165) is 18.1 Å². The number of carbonyl (C=O) groups excluding carboxylic acids is 3. The molecule has 2 aromatic rings. The molecule has 3 heterocycles. The number of aryl methyl sites for hydroxylation is 2. The van der Waals surface area contributed by atoms with Crippen LogP contribution in [-0.2, 0) is 14.3 Å². The molecule has 1 aromatic heterocycles. The number of benzene rings is 1. The van der Waals surface area contributed by atoms with E-state index in [4.69, 9.17) is 9.47 Å². The van der Waals surface area contributed by atoms with E-state index in [9.17, 15) is 19.5 Å². The molecular weight excluding hydrogens is 458 g/mol. The molecule has 1 amide bonds. The largest absolute Gasteiger partial charge is 0.503 e. The number of carbonyl (C=O) groups is 3. The van der Waals surface area contributed by atoms with Gasteiger partial charge in [-0.05, 0) is 31.5 Å². The molecule has 1 fully saturated rings. The highest BCUT2D eigenvalue weighted by Crippen LogP contribution is 2.40. The summed E-state index contributed by atoms with van der Waals surface area (Å²) in [4.78, 5) is 47.0. The van der Waals surface area contributed by atoms with Gasteiger partial charge >= 0.3 is 5.97 Å². The second kappa shape index (κ2) is 10.0. The number of nitrogens with zero attached hydrogens (tertiary/aromatic N) is 3. The van der Waals surface area contributed by atoms with Gasteiger partial charge in [0.25, 0.3) is 5.91 Å². The number of ketones is 1. The first kappa shape index (κ1) is 24.1. The van der Waals surface area contributed by atoms with Crippen molar-refractivity contribution >= 4 is 29.0 Å². The average molecular weight is 486 g/mol. The van der Waals surface area contributed by atoms with Crippen LogP contribution < -0.4 is 0 Å². The van der Waals surface area contributed by atoms with E-state index in [-0.39, 0.29) is 5.57 Å². The standard InChI is InChI=1S/C24H27N3O6S/c1-14-22(34-15(2)25-14)20(28)18-19(16-4-6-17(7-5-16)24(31)32-3)27(23(30)21(18)29)9-8-26-10-12-33-13-11-26/h4-7,19,29H,8-13H2,1-3H3/t19-/m0/s1. The fourth-order valence-corrected chi connectivity index (χ4v) is 5.19. The van der Waals surface area contributed by atoms with Crippen LogP contribution in [0, 0.1) is 13.8 Å². The van der Waals surface area contributed by atoms with Gasteiger partial charge in [0, 0.05) is 26.2 Å². The Morgan fingerprint density at radius 3 is 2.44 bits per heavy atom.